The van der Waals surface area contributed by atoms with Gasteiger partial charge in [-0.25, -0.2) is 0 Å². The van der Waals surface area contributed by atoms with E-state index >= 15 is 0 Å². The number of hydrogen-bond acceptors (Lipinski definition) is 4. The highest BCUT2D eigenvalue weighted by Gasteiger charge is 2.22. The second-order valence-electron chi connectivity index (χ2n) is 4.84. The molecule has 3 N–H and O–H groups in total. The number of nitrogens with zero attached hydrogens (tertiary/aromatic N) is 2. The normalized spacial score (nSPS) is 19.3. The van der Waals surface area contributed by atoms with Gasteiger partial charge in [0.1, 0.15) is 5.69 Å². The van der Waals surface area contributed by atoms with E-state index in [4.69, 9.17) is 5.73 Å². The zero-order valence-electron chi connectivity index (χ0n) is 11.4. The van der Waals surface area contributed by atoms with Crippen LogP contribution in [0.2, 0.25) is 0 Å². The molecule has 0 spiro atoms. The van der Waals surface area contributed by atoms with Crippen LogP contribution in [0, 0.1) is 0 Å². The molecule has 0 bridgehead atoms. The predicted octanol–water partition coefficient (Wildman–Crippen LogP) is 1.15. The number of pyridine rings is 1. The van der Waals surface area contributed by atoms with E-state index in [1.165, 1.54) is 12.8 Å². The summed E-state index contributed by atoms with van der Waals surface area (Å²) in [4.78, 5) is 18.2. The third kappa shape index (κ3) is 3.23. The molecule has 1 unspecified atom stereocenters. The van der Waals surface area contributed by atoms with Crippen molar-refractivity contribution < 1.29 is 4.79 Å². The van der Waals surface area contributed by atoms with Crippen molar-refractivity contribution in [3.63, 3.8) is 0 Å². The molecule has 1 aliphatic heterocycles. The fraction of sp³-hybridized carbons (Fsp3) is 0.571. The smallest absolute Gasteiger partial charge is 0.269 e. The van der Waals surface area contributed by atoms with Gasteiger partial charge < -0.3 is 16.0 Å². The number of aromatic nitrogens is 1. The molecule has 1 saturated heterocycles. The van der Waals surface area contributed by atoms with Gasteiger partial charge in [-0.05, 0) is 38.3 Å². The summed E-state index contributed by atoms with van der Waals surface area (Å²) in [7, 11) is 0. The number of amides is 1. The molecule has 1 aromatic heterocycles. The van der Waals surface area contributed by atoms with Crippen molar-refractivity contribution in [2.45, 2.75) is 32.2 Å². The molecule has 2 heterocycles. The molecule has 1 amide bonds. The number of carbonyl (C=O) groups excluding carboxylic acids is 1. The maximum Gasteiger partial charge on any atom is 0.269 e. The zero-order chi connectivity index (χ0) is 13.7. The summed E-state index contributed by atoms with van der Waals surface area (Å²) >= 11 is 0. The Labute approximate surface area is 114 Å². The first-order chi connectivity index (χ1) is 9.26. The lowest BCUT2D eigenvalue weighted by Crippen LogP contribution is -2.44. The Hall–Kier alpha value is -1.62. The second kappa shape index (κ2) is 6.52. The molecular weight excluding hydrogens is 240 g/mol. The maximum absolute atomic E-state index is 11.8. The molecule has 2 rings (SSSR count). The Balaban J connectivity index is 2.19. The van der Waals surface area contributed by atoms with Gasteiger partial charge in [-0.15, -0.1) is 0 Å². The highest BCUT2D eigenvalue weighted by molar-refractivity contribution is 5.93. The standard InChI is InChI=1S/C14H22N4O/c1-2-16-14(19)13-9-11(6-7-17-13)18-8-4-3-5-12(18)10-15/h6-7,9,12H,2-5,8,10,15H2,1H3,(H,16,19). The van der Waals surface area contributed by atoms with Gasteiger partial charge in [-0.3, -0.25) is 9.78 Å². The van der Waals surface area contributed by atoms with E-state index in [2.05, 4.69) is 15.2 Å². The van der Waals surface area contributed by atoms with Crippen molar-refractivity contribution in [1.82, 2.24) is 10.3 Å². The van der Waals surface area contributed by atoms with Gasteiger partial charge in [-0.1, -0.05) is 0 Å². The van der Waals surface area contributed by atoms with E-state index in [0.29, 0.717) is 24.8 Å². The summed E-state index contributed by atoms with van der Waals surface area (Å²) in [6.45, 7) is 4.16. The first-order valence-electron chi connectivity index (χ1n) is 6.97. The van der Waals surface area contributed by atoms with E-state index in [9.17, 15) is 4.79 Å². The Kier molecular flexibility index (Phi) is 4.74. The summed E-state index contributed by atoms with van der Waals surface area (Å²) in [5, 5.41) is 2.77. The van der Waals surface area contributed by atoms with Gasteiger partial charge in [0.25, 0.3) is 5.91 Å². The molecule has 5 heteroatoms. The molecule has 0 aliphatic carbocycles. The quantitative estimate of drug-likeness (QED) is 0.854. The van der Waals surface area contributed by atoms with E-state index in [0.717, 1.165) is 18.7 Å². The second-order valence-corrected chi connectivity index (χ2v) is 4.84. The van der Waals surface area contributed by atoms with Crippen molar-refractivity contribution in [1.29, 1.82) is 0 Å². The van der Waals surface area contributed by atoms with E-state index in [1.807, 2.05) is 19.1 Å². The minimum absolute atomic E-state index is 0.120. The molecule has 1 atom stereocenters. The van der Waals surface area contributed by atoms with Gasteiger partial charge >= 0.3 is 0 Å². The topological polar surface area (TPSA) is 71.2 Å². The summed E-state index contributed by atoms with van der Waals surface area (Å²) in [5.74, 6) is -0.120. The lowest BCUT2D eigenvalue weighted by molar-refractivity contribution is 0.0951. The molecule has 0 radical (unpaired) electrons. The highest BCUT2D eigenvalue weighted by atomic mass is 16.1. The average molecular weight is 262 g/mol. The van der Waals surface area contributed by atoms with Crippen LogP contribution in [0.5, 0.6) is 0 Å². The first-order valence-corrected chi connectivity index (χ1v) is 6.97. The molecule has 0 aromatic carbocycles. The third-order valence-corrected chi connectivity index (χ3v) is 3.54. The Morgan fingerprint density at radius 2 is 2.42 bits per heavy atom. The van der Waals surface area contributed by atoms with Gasteiger partial charge in [0.05, 0.1) is 0 Å². The fourth-order valence-electron chi connectivity index (χ4n) is 2.56. The predicted molar refractivity (Wildman–Crippen MR) is 76.3 cm³/mol. The Morgan fingerprint density at radius 3 is 3.16 bits per heavy atom. The number of nitrogens with two attached hydrogens (primary N) is 1. The number of rotatable bonds is 4. The molecule has 1 fully saturated rings. The van der Waals surface area contributed by atoms with Crippen molar-refractivity contribution in [2.24, 2.45) is 5.73 Å². The van der Waals surface area contributed by atoms with Crippen LogP contribution < -0.4 is 16.0 Å². The summed E-state index contributed by atoms with van der Waals surface area (Å²) in [6.07, 6.45) is 5.22. The molecule has 0 saturated carbocycles. The van der Waals surface area contributed by atoms with Crippen LogP contribution in [-0.2, 0) is 0 Å². The Morgan fingerprint density at radius 1 is 1.58 bits per heavy atom. The highest BCUT2D eigenvalue weighted by Crippen LogP contribution is 2.24. The monoisotopic (exact) mass is 262 g/mol. The number of piperidine rings is 1. The molecular formula is C14H22N4O. The molecule has 5 nitrogen and oxygen atoms in total. The van der Waals surface area contributed by atoms with Gasteiger partial charge in [0.15, 0.2) is 0 Å². The van der Waals surface area contributed by atoms with Crippen molar-refractivity contribution in [3.8, 4) is 0 Å². The van der Waals surface area contributed by atoms with Crippen LogP contribution in [0.15, 0.2) is 18.3 Å². The number of hydrogen-bond donors (Lipinski definition) is 2. The third-order valence-electron chi connectivity index (χ3n) is 3.54. The summed E-state index contributed by atoms with van der Waals surface area (Å²) in [5.41, 5.74) is 7.36. The molecule has 19 heavy (non-hydrogen) atoms. The lowest BCUT2D eigenvalue weighted by Gasteiger charge is -2.37. The number of carbonyl (C=O) groups is 1. The van der Waals surface area contributed by atoms with Crippen molar-refractivity contribution in [3.05, 3.63) is 24.0 Å². The zero-order valence-corrected chi connectivity index (χ0v) is 11.4. The first kappa shape index (κ1) is 13.8. The molecule has 1 aliphatic rings. The van der Waals surface area contributed by atoms with E-state index in [1.54, 1.807) is 6.20 Å². The van der Waals surface area contributed by atoms with Crippen LogP contribution in [0.4, 0.5) is 5.69 Å². The minimum Gasteiger partial charge on any atom is -0.367 e. The van der Waals surface area contributed by atoms with E-state index in [-0.39, 0.29) is 5.91 Å². The van der Waals surface area contributed by atoms with Crippen molar-refractivity contribution >= 4 is 11.6 Å². The van der Waals surface area contributed by atoms with Gasteiger partial charge in [0, 0.05) is 37.6 Å². The van der Waals surface area contributed by atoms with Crippen LogP contribution in [-0.4, -0.2) is 36.6 Å². The average Bonchev–Trinajstić information content (AvgIpc) is 2.47. The minimum atomic E-state index is -0.120. The largest absolute Gasteiger partial charge is 0.367 e. The van der Waals surface area contributed by atoms with Gasteiger partial charge in [-0.2, -0.15) is 0 Å². The lowest BCUT2D eigenvalue weighted by atomic mass is 10.0. The van der Waals surface area contributed by atoms with Gasteiger partial charge in [0.2, 0.25) is 0 Å². The number of nitrogens with one attached hydrogen (secondary N) is 1. The van der Waals surface area contributed by atoms with Crippen LogP contribution in [0.25, 0.3) is 0 Å². The van der Waals surface area contributed by atoms with Crippen LogP contribution >= 0.6 is 0 Å². The maximum atomic E-state index is 11.8. The number of anilines is 1. The van der Waals surface area contributed by atoms with Crippen molar-refractivity contribution in [2.75, 3.05) is 24.5 Å². The summed E-state index contributed by atoms with van der Waals surface area (Å²) in [6, 6.07) is 4.19. The van der Waals surface area contributed by atoms with Crippen LogP contribution in [0.1, 0.15) is 36.7 Å². The fourth-order valence-corrected chi connectivity index (χ4v) is 2.56. The molecule has 1 aromatic rings. The molecule has 104 valence electrons. The SMILES string of the molecule is CCNC(=O)c1cc(N2CCCCC2CN)ccn1. The van der Waals surface area contributed by atoms with Crippen LogP contribution in [0.3, 0.4) is 0 Å². The van der Waals surface area contributed by atoms with E-state index < -0.39 is 0 Å². The summed E-state index contributed by atoms with van der Waals surface area (Å²) < 4.78 is 0. The Bertz CT molecular complexity index is 435.